The van der Waals surface area contributed by atoms with Crippen molar-refractivity contribution in [2.45, 2.75) is 24.8 Å². The molecule has 0 radical (unpaired) electrons. The number of sulfonamides is 1. The molecule has 1 N–H and O–H groups in total. The molecule has 1 atom stereocenters. The first-order valence-corrected chi connectivity index (χ1v) is 10.0. The number of benzene rings is 2. The van der Waals surface area contributed by atoms with Gasteiger partial charge in [0.1, 0.15) is 16.5 Å². The van der Waals surface area contributed by atoms with Crippen LogP contribution in [0.3, 0.4) is 0 Å². The fourth-order valence-corrected chi connectivity index (χ4v) is 4.02. The van der Waals surface area contributed by atoms with Crippen LogP contribution in [0.1, 0.15) is 25.5 Å². The summed E-state index contributed by atoms with van der Waals surface area (Å²) in [5, 5.41) is 0. The predicted octanol–water partition coefficient (Wildman–Crippen LogP) is 3.20. The second kappa shape index (κ2) is 9.12. The van der Waals surface area contributed by atoms with Crippen LogP contribution in [0.5, 0.6) is 5.75 Å². The van der Waals surface area contributed by atoms with E-state index < -0.39 is 15.8 Å². The fourth-order valence-electron chi connectivity index (χ4n) is 2.90. The van der Waals surface area contributed by atoms with Gasteiger partial charge in [-0.15, -0.1) is 0 Å². The Balaban J connectivity index is 2.28. The van der Waals surface area contributed by atoms with Crippen molar-refractivity contribution < 1.29 is 17.5 Å². The third-order valence-corrected chi connectivity index (χ3v) is 5.78. The number of nitrogens with one attached hydrogen (secondary N) is 1. The molecule has 0 heterocycles. The number of hydrogen-bond acceptors (Lipinski definition) is 4. The Morgan fingerprint density at radius 3 is 2.42 bits per heavy atom. The van der Waals surface area contributed by atoms with Gasteiger partial charge in [-0.25, -0.2) is 17.5 Å². The highest BCUT2D eigenvalue weighted by Crippen LogP contribution is 2.24. The molecule has 0 saturated heterocycles. The summed E-state index contributed by atoms with van der Waals surface area (Å²) < 4.78 is 46.7. The normalized spacial score (nSPS) is 13.0. The molecule has 5 nitrogen and oxygen atoms in total. The second-order valence-corrected chi connectivity index (χ2v) is 7.53. The van der Waals surface area contributed by atoms with Crippen molar-refractivity contribution in [1.82, 2.24) is 9.62 Å². The predicted molar refractivity (Wildman–Crippen MR) is 100 cm³/mol. The van der Waals surface area contributed by atoms with E-state index >= 15 is 0 Å². The lowest BCUT2D eigenvalue weighted by Crippen LogP contribution is -2.38. The smallest absolute Gasteiger partial charge is 0.243 e. The molecule has 26 heavy (non-hydrogen) atoms. The Hall–Kier alpha value is -1.96. The van der Waals surface area contributed by atoms with E-state index in [2.05, 4.69) is 9.62 Å². The van der Waals surface area contributed by atoms with Crippen molar-refractivity contribution in [1.29, 1.82) is 0 Å². The van der Waals surface area contributed by atoms with Gasteiger partial charge in [0.2, 0.25) is 10.0 Å². The first-order chi connectivity index (χ1) is 12.4. The minimum Gasteiger partial charge on any atom is -0.497 e. The van der Waals surface area contributed by atoms with Gasteiger partial charge in [0, 0.05) is 12.6 Å². The molecule has 0 aliphatic rings. The van der Waals surface area contributed by atoms with Gasteiger partial charge < -0.3 is 4.74 Å². The van der Waals surface area contributed by atoms with E-state index in [1.54, 1.807) is 7.11 Å². The quantitative estimate of drug-likeness (QED) is 0.726. The van der Waals surface area contributed by atoms with Crippen LogP contribution in [-0.2, 0) is 10.0 Å². The van der Waals surface area contributed by atoms with Crippen LogP contribution in [0, 0.1) is 5.82 Å². The van der Waals surface area contributed by atoms with Crippen molar-refractivity contribution >= 4 is 10.0 Å². The van der Waals surface area contributed by atoms with Gasteiger partial charge in [-0.2, -0.15) is 0 Å². The number of halogens is 1. The SMILES string of the molecule is CCN(CC)C(CNS(=O)(=O)c1ccccc1F)c1cccc(OC)c1. The first kappa shape index (κ1) is 20.4. The Morgan fingerprint density at radius 1 is 1.12 bits per heavy atom. The van der Waals surface area contributed by atoms with Crippen molar-refractivity contribution in [2.75, 3.05) is 26.7 Å². The van der Waals surface area contributed by atoms with Crippen LogP contribution >= 0.6 is 0 Å². The van der Waals surface area contributed by atoms with Crippen LogP contribution in [0.2, 0.25) is 0 Å². The molecule has 142 valence electrons. The van der Waals surface area contributed by atoms with Gasteiger partial charge in [-0.05, 0) is 42.9 Å². The van der Waals surface area contributed by atoms with E-state index in [0.29, 0.717) is 5.75 Å². The summed E-state index contributed by atoms with van der Waals surface area (Å²) in [7, 11) is -2.35. The number of ether oxygens (including phenoxy) is 1. The molecule has 0 saturated carbocycles. The summed E-state index contributed by atoms with van der Waals surface area (Å²) in [5.74, 6) is -0.0580. The molecule has 0 amide bonds. The van der Waals surface area contributed by atoms with E-state index in [1.165, 1.54) is 18.2 Å². The molecule has 2 aromatic carbocycles. The molecule has 0 aromatic heterocycles. The van der Waals surface area contributed by atoms with Crippen LogP contribution in [0.25, 0.3) is 0 Å². The zero-order valence-corrected chi connectivity index (χ0v) is 16.1. The van der Waals surface area contributed by atoms with E-state index in [-0.39, 0.29) is 17.5 Å². The van der Waals surface area contributed by atoms with Gasteiger partial charge in [0.15, 0.2) is 0 Å². The molecule has 7 heteroatoms. The fraction of sp³-hybridized carbons (Fsp3) is 0.368. The number of methoxy groups -OCH3 is 1. The maximum atomic E-state index is 13.9. The van der Waals surface area contributed by atoms with Crippen LogP contribution in [0.15, 0.2) is 53.4 Å². The Morgan fingerprint density at radius 2 is 1.81 bits per heavy atom. The summed E-state index contributed by atoms with van der Waals surface area (Å²) in [6.45, 7) is 5.66. The molecule has 0 aliphatic heterocycles. The van der Waals surface area contributed by atoms with E-state index in [4.69, 9.17) is 4.74 Å². The van der Waals surface area contributed by atoms with Gasteiger partial charge in [0.05, 0.1) is 7.11 Å². The maximum absolute atomic E-state index is 13.9. The minimum absolute atomic E-state index is 0.130. The zero-order valence-electron chi connectivity index (χ0n) is 15.3. The highest BCUT2D eigenvalue weighted by atomic mass is 32.2. The summed E-state index contributed by atoms with van der Waals surface area (Å²) in [4.78, 5) is 1.79. The van der Waals surface area contributed by atoms with Crippen molar-refractivity contribution in [3.63, 3.8) is 0 Å². The Bertz CT molecular complexity index is 823. The molecule has 0 aliphatic carbocycles. The first-order valence-electron chi connectivity index (χ1n) is 8.55. The largest absolute Gasteiger partial charge is 0.497 e. The zero-order chi connectivity index (χ0) is 19.2. The Kier molecular flexibility index (Phi) is 7.14. The van der Waals surface area contributed by atoms with Gasteiger partial charge >= 0.3 is 0 Å². The lowest BCUT2D eigenvalue weighted by molar-refractivity contribution is 0.219. The van der Waals surface area contributed by atoms with E-state index in [1.807, 2.05) is 38.1 Å². The highest BCUT2D eigenvalue weighted by molar-refractivity contribution is 7.89. The van der Waals surface area contributed by atoms with Gasteiger partial charge in [0.25, 0.3) is 0 Å². The van der Waals surface area contributed by atoms with E-state index in [9.17, 15) is 12.8 Å². The standard InChI is InChI=1S/C19H25FN2O3S/c1-4-22(5-2)18(15-9-8-10-16(13-15)25-3)14-21-26(23,24)19-12-7-6-11-17(19)20/h6-13,18,21H,4-5,14H2,1-3H3. The highest BCUT2D eigenvalue weighted by Gasteiger charge is 2.24. The third kappa shape index (κ3) is 4.81. The number of rotatable bonds is 9. The van der Waals surface area contributed by atoms with Crippen LogP contribution < -0.4 is 9.46 Å². The second-order valence-electron chi connectivity index (χ2n) is 5.80. The molecular weight excluding hydrogens is 355 g/mol. The molecule has 0 fully saturated rings. The van der Waals surface area contributed by atoms with Crippen molar-refractivity contribution in [3.8, 4) is 5.75 Å². The lowest BCUT2D eigenvalue weighted by atomic mass is 10.0. The van der Waals surface area contributed by atoms with Crippen LogP contribution in [-0.4, -0.2) is 40.1 Å². The van der Waals surface area contributed by atoms with Gasteiger partial charge in [-0.1, -0.05) is 38.1 Å². The summed E-state index contributed by atoms with van der Waals surface area (Å²) in [5.41, 5.74) is 0.935. The minimum atomic E-state index is -3.94. The molecule has 0 bridgehead atoms. The monoisotopic (exact) mass is 380 g/mol. The van der Waals surface area contributed by atoms with Crippen LogP contribution in [0.4, 0.5) is 4.39 Å². The third-order valence-electron chi connectivity index (χ3n) is 4.32. The number of hydrogen-bond donors (Lipinski definition) is 1. The topological polar surface area (TPSA) is 58.6 Å². The maximum Gasteiger partial charge on any atom is 0.243 e. The number of likely N-dealkylation sites (N-methyl/N-ethyl adjacent to an activating group) is 1. The van der Waals surface area contributed by atoms with Crippen molar-refractivity contribution in [3.05, 3.63) is 59.9 Å². The van der Waals surface area contributed by atoms with E-state index in [0.717, 1.165) is 24.7 Å². The average Bonchev–Trinajstić information content (AvgIpc) is 2.65. The number of nitrogens with zero attached hydrogens (tertiary/aromatic N) is 1. The molecule has 0 spiro atoms. The summed E-state index contributed by atoms with van der Waals surface area (Å²) >= 11 is 0. The van der Waals surface area contributed by atoms with Crippen molar-refractivity contribution in [2.24, 2.45) is 0 Å². The summed E-state index contributed by atoms with van der Waals surface area (Å²) in [6, 6.07) is 12.7. The van der Waals surface area contributed by atoms with Gasteiger partial charge in [-0.3, -0.25) is 4.90 Å². The molecule has 2 aromatic rings. The Labute approximate surface area is 154 Å². The summed E-state index contributed by atoms with van der Waals surface area (Å²) in [6.07, 6.45) is 0. The molecule has 1 unspecified atom stereocenters. The lowest BCUT2D eigenvalue weighted by Gasteiger charge is -2.30. The molecular formula is C19H25FN2O3S. The average molecular weight is 380 g/mol. The molecule has 2 rings (SSSR count).